The summed E-state index contributed by atoms with van der Waals surface area (Å²) in [5.74, 6) is 7.19. The van der Waals surface area contributed by atoms with Gasteiger partial charge in [-0.1, -0.05) is 19.3 Å². The maximum Gasteiger partial charge on any atom is 0.208 e. The van der Waals surface area contributed by atoms with Crippen molar-refractivity contribution in [2.75, 3.05) is 26.8 Å². The Morgan fingerprint density at radius 1 is 1.21 bits per heavy atom. The Morgan fingerprint density at radius 2 is 1.89 bits per heavy atom. The zero-order valence-electron chi connectivity index (χ0n) is 12.1. The SMILES string of the molecule is CN(CC1CCOCC1)C(=NC1CCCCC1)NN. The first kappa shape index (κ1) is 14.6. The first-order valence-corrected chi connectivity index (χ1v) is 7.63. The van der Waals surface area contributed by atoms with Crippen LogP contribution in [0.25, 0.3) is 0 Å². The maximum atomic E-state index is 5.65. The number of nitrogens with zero attached hydrogens (tertiary/aromatic N) is 2. The molecule has 1 aliphatic carbocycles. The number of hydrogen-bond donors (Lipinski definition) is 2. The summed E-state index contributed by atoms with van der Waals surface area (Å²) in [4.78, 5) is 6.97. The third-order valence-electron chi connectivity index (χ3n) is 4.24. The van der Waals surface area contributed by atoms with Crippen molar-refractivity contribution in [2.24, 2.45) is 16.8 Å². The largest absolute Gasteiger partial charge is 0.381 e. The summed E-state index contributed by atoms with van der Waals surface area (Å²) >= 11 is 0. The van der Waals surface area contributed by atoms with Crippen LogP contribution in [0.1, 0.15) is 44.9 Å². The molecule has 2 fully saturated rings. The van der Waals surface area contributed by atoms with E-state index in [9.17, 15) is 0 Å². The standard InChI is InChI=1S/C14H28N4O/c1-18(11-12-7-9-19-10-8-12)14(17-15)16-13-5-3-2-4-6-13/h12-13H,2-11,15H2,1H3,(H,16,17). The highest BCUT2D eigenvalue weighted by molar-refractivity contribution is 5.79. The quantitative estimate of drug-likeness (QED) is 0.352. The van der Waals surface area contributed by atoms with Crippen LogP contribution in [0, 0.1) is 5.92 Å². The molecule has 2 rings (SSSR count). The van der Waals surface area contributed by atoms with E-state index in [1.54, 1.807) is 0 Å². The normalized spacial score (nSPS) is 23.4. The topological polar surface area (TPSA) is 62.9 Å². The van der Waals surface area contributed by atoms with Crippen molar-refractivity contribution in [2.45, 2.75) is 51.0 Å². The van der Waals surface area contributed by atoms with Crippen LogP contribution < -0.4 is 11.3 Å². The molecule has 1 aliphatic heterocycles. The van der Waals surface area contributed by atoms with Gasteiger partial charge in [-0.15, -0.1) is 0 Å². The lowest BCUT2D eigenvalue weighted by molar-refractivity contribution is 0.0609. The van der Waals surface area contributed by atoms with Crippen LogP contribution in [0.2, 0.25) is 0 Å². The highest BCUT2D eigenvalue weighted by Crippen LogP contribution is 2.21. The summed E-state index contributed by atoms with van der Waals surface area (Å²) in [6.07, 6.45) is 8.66. The Balaban J connectivity index is 1.85. The summed E-state index contributed by atoms with van der Waals surface area (Å²) in [6, 6.07) is 0.455. The van der Waals surface area contributed by atoms with Crippen molar-refractivity contribution >= 4 is 5.96 Å². The van der Waals surface area contributed by atoms with E-state index in [2.05, 4.69) is 17.4 Å². The number of rotatable bonds is 3. The van der Waals surface area contributed by atoms with Gasteiger partial charge in [-0.05, 0) is 31.6 Å². The van der Waals surface area contributed by atoms with Crippen LogP contribution in [0.4, 0.5) is 0 Å². The molecule has 5 heteroatoms. The average Bonchev–Trinajstić information content (AvgIpc) is 2.47. The predicted molar refractivity (Wildman–Crippen MR) is 77.8 cm³/mol. The Bertz CT molecular complexity index is 283. The van der Waals surface area contributed by atoms with Gasteiger partial charge in [-0.3, -0.25) is 5.43 Å². The number of hydrogen-bond acceptors (Lipinski definition) is 3. The van der Waals surface area contributed by atoms with Gasteiger partial charge in [0, 0.05) is 26.8 Å². The average molecular weight is 268 g/mol. The van der Waals surface area contributed by atoms with Crippen LogP contribution in [-0.4, -0.2) is 43.7 Å². The molecule has 5 nitrogen and oxygen atoms in total. The maximum absolute atomic E-state index is 5.65. The Morgan fingerprint density at radius 3 is 2.53 bits per heavy atom. The van der Waals surface area contributed by atoms with Crippen LogP contribution in [0.3, 0.4) is 0 Å². The second-order valence-electron chi connectivity index (χ2n) is 5.83. The van der Waals surface area contributed by atoms with Gasteiger partial charge in [0.2, 0.25) is 5.96 Å². The Hall–Kier alpha value is -0.810. The van der Waals surface area contributed by atoms with E-state index in [4.69, 9.17) is 15.6 Å². The van der Waals surface area contributed by atoms with Gasteiger partial charge in [0.15, 0.2) is 0 Å². The van der Waals surface area contributed by atoms with Crippen LogP contribution >= 0.6 is 0 Å². The highest BCUT2D eigenvalue weighted by Gasteiger charge is 2.19. The fourth-order valence-electron chi connectivity index (χ4n) is 3.03. The first-order chi connectivity index (χ1) is 9.29. The molecule has 0 spiro atoms. The second kappa shape index (κ2) is 7.70. The van der Waals surface area contributed by atoms with Crippen molar-refractivity contribution in [1.82, 2.24) is 10.3 Å². The van der Waals surface area contributed by atoms with Gasteiger partial charge in [-0.25, -0.2) is 10.8 Å². The number of guanidine groups is 1. The van der Waals surface area contributed by atoms with E-state index in [1.807, 2.05) is 0 Å². The summed E-state index contributed by atoms with van der Waals surface area (Å²) in [5, 5.41) is 0. The van der Waals surface area contributed by atoms with E-state index < -0.39 is 0 Å². The van der Waals surface area contributed by atoms with E-state index in [-0.39, 0.29) is 0 Å². The molecule has 110 valence electrons. The molecule has 0 bridgehead atoms. The molecule has 1 saturated heterocycles. The van der Waals surface area contributed by atoms with Crippen LogP contribution in [0.5, 0.6) is 0 Å². The Labute approximate surface area is 116 Å². The zero-order valence-corrected chi connectivity index (χ0v) is 12.1. The number of aliphatic imine (C=N–C) groups is 1. The molecule has 2 aliphatic rings. The highest BCUT2D eigenvalue weighted by atomic mass is 16.5. The lowest BCUT2D eigenvalue weighted by atomic mass is 9.96. The number of ether oxygens (including phenoxy) is 1. The molecule has 0 radical (unpaired) electrons. The van der Waals surface area contributed by atoms with Crippen molar-refractivity contribution < 1.29 is 4.74 Å². The van der Waals surface area contributed by atoms with Crippen LogP contribution in [0.15, 0.2) is 4.99 Å². The molecule has 0 aromatic heterocycles. The lowest BCUT2D eigenvalue weighted by Gasteiger charge is -2.29. The van der Waals surface area contributed by atoms with E-state index in [0.29, 0.717) is 12.0 Å². The zero-order chi connectivity index (χ0) is 13.5. The first-order valence-electron chi connectivity index (χ1n) is 7.63. The third-order valence-corrected chi connectivity index (χ3v) is 4.24. The van der Waals surface area contributed by atoms with Gasteiger partial charge in [0.1, 0.15) is 0 Å². The molecular weight excluding hydrogens is 240 g/mol. The Kier molecular flexibility index (Phi) is 5.92. The van der Waals surface area contributed by atoms with Gasteiger partial charge in [0.25, 0.3) is 0 Å². The molecule has 0 aromatic rings. The number of hydrazine groups is 1. The minimum atomic E-state index is 0.455. The molecule has 0 atom stereocenters. The van der Waals surface area contributed by atoms with E-state index >= 15 is 0 Å². The molecular formula is C14H28N4O. The van der Waals surface area contributed by atoms with E-state index in [1.165, 1.54) is 32.1 Å². The number of nitrogens with one attached hydrogen (secondary N) is 1. The molecule has 0 amide bonds. The van der Waals surface area contributed by atoms with Gasteiger partial charge in [-0.2, -0.15) is 0 Å². The molecule has 19 heavy (non-hydrogen) atoms. The lowest BCUT2D eigenvalue weighted by Crippen LogP contribution is -2.46. The van der Waals surface area contributed by atoms with Crippen LogP contribution in [-0.2, 0) is 4.74 Å². The third kappa shape index (κ3) is 4.66. The monoisotopic (exact) mass is 268 g/mol. The van der Waals surface area contributed by atoms with Crippen molar-refractivity contribution in [3.63, 3.8) is 0 Å². The fraction of sp³-hybridized carbons (Fsp3) is 0.929. The summed E-state index contributed by atoms with van der Waals surface area (Å²) in [5.41, 5.74) is 2.78. The predicted octanol–water partition coefficient (Wildman–Crippen LogP) is 1.50. The number of nitrogens with two attached hydrogens (primary N) is 1. The summed E-state index contributed by atoms with van der Waals surface area (Å²) in [7, 11) is 2.08. The molecule has 1 saturated carbocycles. The smallest absolute Gasteiger partial charge is 0.208 e. The fourth-order valence-corrected chi connectivity index (χ4v) is 3.03. The molecule has 0 unspecified atom stereocenters. The molecule has 1 heterocycles. The minimum absolute atomic E-state index is 0.455. The second-order valence-corrected chi connectivity index (χ2v) is 5.83. The van der Waals surface area contributed by atoms with Gasteiger partial charge in [0.05, 0.1) is 6.04 Å². The van der Waals surface area contributed by atoms with E-state index in [0.717, 1.165) is 38.6 Å². The molecule has 3 N–H and O–H groups in total. The molecule has 0 aromatic carbocycles. The van der Waals surface area contributed by atoms with Crippen molar-refractivity contribution in [1.29, 1.82) is 0 Å². The summed E-state index contributed by atoms with van der Waals surface area (Å²) < 4.78 is 5.40. The van der Waals surface area contributed by atoms with Gasteiger partial charge >= 0.3 is 0 Å². The van der Waals surface area contributed by atoms with Gasteiger partial charge < -0.3 is 9.64 Å². The summed E-state index contributed by atoms with van der Waals surface area (Å²) in [6.45, 7) is 2.80. The minimum Gasteiger partial charge on any atom is -0.381 e. The van der Waals surface area contributed by atoms with Crippen molar-refractivity contribution in [3.8, 4) is 0 Å². The van der Waals surface area contributed by atoms with Crippen molar-refractivity contribution in [3.05, 3.63) is 0 Å².